The van der Waals surface area contributed by atoms with Crippen molar-refractivity contribution in [2.45, 2.75) is 59.6 Å². The van der Waals surface area contributed by atoms with Crippen LogP contribution in [-0.2, 0) is 4.74 Å². The normalized spacial score (nSPS) is 21.7. The highest BCUT2D eigenvalue weighted by Crippen LogP contribution is 2.22. The predicted octanol–water partition coefficient (Wildman–Crippen LogP) is 2.54. The summed E-state index contributed by atoms with van der Waals surface area (Å²) < 4.78 is 6.00. The minimum absolute atomic E-state index is 0.117. The van der Waals surface area contributed by atoms with E-state index in [0.717, 1.165) is 52.3 Å². The van der Waals surface area contributed by atoms with Gasteiger partial charge in [0.05, 0.1) is 12.6 Å². The van der Waals surface area contributed by atoms with Gasteiger partial charge in [-0.3, -0.25) is 9.80 Å². The molecule has 0 saturated carbocycles. The zero-order valence-electron chi connectivity index (χ0n) is 17.4. The van der Waals surface area contributed by atoms with Gasteiger partial charge in [0.2, 0.25) is 0 Å². The first-order valence-electron chi connectivity index (χ1n) is 9.95. The van der Waals surface area contributed by atoms with Crippen molar-refractivity contribution in [3.05, 3.63) is 0 Å². The van der Waals surface area contributed by atoms with Crippen LogP contribution in [-0.4, -0.2) is 85.3 Å². The summed E-state index contributed by atoms with van der Waals surface area (Å²) in [7, 11) is 0. The molecule has 2 rings (SSSR count). The lowest BCUT2D eigenvalue weighted by molar-refractivity contribution is -0.0899. The Hall–Kier alpha value is -0.600. The first-order valence-corrected chi connectivity index (χ1v) is 9.95. The van der Waals surface area contributed by atoms with E-state index in [1.165, 1.54) is 13.1 Å². The molecule has 0 aromatic carbocycles. The molecule has 2 fully saturated rings. The highest BCUT2D eigenvalue weighted by molar-refractivity contribution is 5.08. The number of rotatable bonds is 6. The number of hydrogen-bond acceptors (Lipinski definition) is 4. The van der Waals surface area contributed by atoms with Gasteiger partial charge in [-0.2, -0.15) is 0 Å². The number of ether oxygens (including phenoxy) is 1. The van der Waals surface area contributed by atoms with Crippen LogP contribution in [0.1, 0.15) is 48.0 Å². The summed E-state index contributed by atoms with van der Waals surface area (Å²) in [5.41, 5.74) is 0.406. The zero-order valence-corrected chi connectivity index (χ0v) is 17.4. The molecule has 0 aromatic heterocycles. The molecule has 25 heavy (non-hydrogen) atoms. The molecule has 144 valence electrons. The average Bonchev–Trinajstić information content (AvgIpc) is 2.44. The van der Waals surface area contributed by atoms with Gasteiger partial charge in [0, 0.05) is 63.4 Å². The summed E-state index contributed by atoms with van der Waals surface area (Å²) in [6.45, 7) is 23.1. The Morgan fingerprint density at radius 3 is 2.08 bits per heavy atom. The Bertz CT molecular complexity index is 452. The van der Waals surface area contributed by atoms with Crippen molar-refractivity contribution in [3.8, 4) is 11.8 Å². The van der Waals surface area contributed by atoms with Gasteiger partial charge in [-0.15, -0.1) is 0 Å². The Kier molecular flexibility index (Phi) is 7.34. The van der Waals surface area contributed by atoms with Gasteiger partial charge < -0.3 is 9.64 Å². The summed E-state index contributed by atoms with van der Waals surface area (Å²) in [6.07, 6.45) is 1.60. The molecule has 4 nitrogen and oxygen atoms in total. The van der Waals surface area contributed by atoms with E-state index in [1.807, 2.05) is 0 Å². The third kappa shape index (κ3) is 7.66. The minimum Gasteiger partial charge on any atom is -0.376 e. The lowest BCUT2D eigenvalue weighted by atomic mass is 9.98. The second kappa shape index (κ2) is 8.86. The Labute approximate surface area is 155 Å². The molecule has 0 aromatic rings. The maximum Gasteiger partial charge on any atom is 0.0829 e. The predicted molar refractivity (Wildman–Crippen MR) is 106 cm³/mol. The van der Waals surface area contributed by atoms with Gasteiger partial charge in [0.15, 0.2) is 0 Å². The van der Waals surface area contributed by atoms with Crippen LogP contribution in [0.3, 0.4) is 0 Å². The molecular formula is C21H39N3O. The van der Waals surface area contributed by atoms with E-state index in [4.69, 9.17) is 4.74 Å². The van der Waals surface area contributed by atoms with E-state index < -0.39 is 0 Å². The highest BCUT2D eigenvalue weighted by Gasteiger charge is 2.34. The molecule has 2 aliphatic rings. The molecule has 0 spiro atoms. The molecule has 0 N–H and O–H groups in total. The minimum atomic E-state index is 0.117. The molecule has 4 heteroatoms. The summed E-state index contributed by atoms with van der Waals surface area (Å²) in [5.74, 6) is 6.67. The Morgan fingerprint density at radius 2 is 1.52 bits per heavy atom. The fourth-order valence-corrected chi connectivity index (χ4v) is 3.22. The molecule has 0 amide bonds. The lowest BCUT2D eigenvalue weighted by Gasteiger charge is -2.47. The van der Waals surface area contributed by atoms with Crippen LogP contribution in [0.5, 0.6) is 0 Å². The first kappa shape index (κ1) is 20.7. The fraction of sp³-hybridized carbons (Fsp3) is 0.905. The Morgan fingerprint density at radius 1 is 0.920 bits per heavy atom. The first-order chi connectivity index (χ1) is 11.6. The van der Waals surface area contributed by atoms with Crippen LogP contribution in [0, 0.1) is 17.3 Å². The van der Waals surface area contributed by atoms with Crippen molar-refractivity contribution in [1.29, 1.82) is 0 Å². The molecule has 0 bridgehead atoms. The molecule has 2 saturated heterocycles. The maximum absolute atomic E-state index is 6.00. The average molecular weight is 350 g/mol. The molecule has 0 aliphatic carbocycles. The molecular weight excluding hydrogens is 310 g/mol. The maximum atomic E-state index is 6.00. The van der Waals surface area contributed by atoms with Crippen LogP contribution in [0.25, 0.3) is 0 Å². The highest BCUT2D eigenvalue weighted by atomic mass is 16.5. The second-order valence-corrected chi connectivity index (χ2v) is 9.59. The van der Waals surface area contributed by atoms with Gasteiger partial charge in [-0.05, 0) is 48.0 Å². The summed E-state index contributed by atoms with van der Waals surface area (Å²) in [6, 6.07) is 0. The van der Waals surface area contributed by atoms with E-state index in [1.54, 1.807) is 0 Å². The van der Waals surface area contributed by atoms with Gasteiger partial charge in [0.25, 0.3) is 0 Å². The smallest absolute Gasteiger partial charge is 0.0829 e. The number of likely N-dealkylation sites (tertiary alicyclic amines) is 1. The third-order valence-corrected chi connectivity index (χ3v) is 5.00. The monoisotopic (exact) mass is 349 g/mol. The van der Waals surface area contributed by atoms with E-state index in [2.05, 4.69) is 68.1 Å². The van der Waals surface area contributed by atoms with Crippen LogP contribution in [0.15, 0.2) is 0 Å². The van der Waals surface area contributed by atoms with Crippen molar-refractivity contribution in [2.75, 3.05) is 59.0 Å². The van der Waals surface area contributed by atoms with Crippen LogP contribution >= 0.6 is 0 Å². The number of hydrogen-bond donors (Lipinski definition) is 0. The van der Waals surface area contributed by atoms with E-state index in [9.17, 15) is 0 Å². The standard InChI is InChI=1S/C21H39N3O/c1-20(2,3)9-7-10-22-12-14-23(15-13-22)11-8-16-25-19-17-24(18-19)21(4,5)6/h19H,8,10-18H2,1-6H3. The summed E-state index contributed by atoms with van der Waals surface area (Å²) >= 11 is 0. The van der Waals surface area contributed by atoms with Crippen LogP contribution < -0.4 is 0 Å². The van der Waals surface area contributed by atoms with Crippen molar-refractivity contribution >= 4 is 0 Å². The van der Waals surface area contributed by atoms with Crippen molar-refractivity contribution in [1.82, 2.24) is 14.7 Å². The van der Waals surface area contributed by atoms with Crippen LogP contribution in [0.4, 0.5) is 0 Å². The van der Waals surface area contributed by atoms with Gasteiger partial charge >= 0.3 is 0 Å². The number of nitrogens with zero attached hydrogens (tertiary/aromatic N) is 3. The van der Waals surface area contributed by atoms with Crippen LogP contribution in [0.2, 0.25) is 0 Å². The van der Waals surface area contributed by atoms with Crippen molar-refractivity contribution < 1.29 is 4.74 Å². The van der Waals surface area contributed by atoms with Gasteiger partial charge in [-0.1, -0.05) is 11.8 Å². The Balaban J connectivity index is 1.50. The van der Waals surface area contributed by atoms with Gasteiger partial charge in [-0.25, -0.2) is 0 Å². The SMILES string of the molecule is CC(C)(C)C#CCN1CCN(CCCOC2CN(C(C)(C)C)C2)CC1. The van der Waals surface area contributed by atoms with E-state index >= 15 is 0 Å². The zero-order chi connectivity index (χ0) is 18.5. The largest absolute Gasteiger partial charge is 0.376 e. The van der Waals surface area contributed by atoms with Crippen molar-refractivity contribution in [2.24, 2.45) is 5.41 Å². The van der Waals surface area contributed by atoms with E-state index in [-0.39, 0.29) is 11.0 Å². The molecule has 0 radical (unpaired) electrons. The van der Waals surface area contributed by atoms with E-state index in [0.29, 0.717) is 6.10 Å². The number of piperazine rings is 1. The summed E-state index contributed by atoms with van der Waals surface area (Å²) in [5, 5.41) is 0. The van der Waals surface area contributed by atoms with Gasteiger partial charge in [0.1, 0.15) is 0 Å². The summed E-state index contributed by atoms with van der Waals surface area (Å²) in [4.78, 5) is 7.53. The molecule has 0 atom stereocenters. The van der Waals surface area contributed by atoms with Crippen molar-refractivity contribution in [3.63, 3.8) is 0 Å². The molecule has 2 aliphatic heterocycles. The second-order valence-electron chi connectivity index (χ2n) is 9.59. The fourth-order valence-electron chi connectivity index (χ4n) is 3.22. The quantitative estimate of drug-likeness (QED) is 0.542. The topological polar surface area (TPSA) is 19.0 Å². The molecule has 2 heterocycles. The molecule has 0 unspecified atom stereocenters. The third-order valence-electron chi connectivity index (χ3n) is 5.00. The lowest BCUT2D eigenvalue weighted by Crippen LogP contribution is -2.59.